The number of nitrogens with one attached hydrogen (secondary N) is 2. The van der Waals surface area contributed by atoms with Gasteiger partial charge in [0, 0.05) is 64.2 Å². The first-order valence-electron chi connectivity index (χ1n) is 17.1. The molecular formula is C35H52FN5O3. The van der Waals surface area contributed by atoms with Crippen LogP contribution in [0.1, 0.15) is 97.0 Å². The predicted molar refractivity (Wildman–Crippen MR) is 169 cm³/mol. The van der Waals surface area contributed by atoms with Crippen molar-refractivity contribution in [1.82, 2.24) is 20.0 Å². The Bertz CT molecular complexity index is 1240. The van der Waals surface area contributed by atoms with Crippen molar-refractivity contribution in [1.29, 1.82) is 0 Å². The van der Waals surface area contributed by atoms with Crippen LogP contribution >= 0.6 is 0 Å². The minimum atomic E-state index is -0.416. The zero-order valence-electron chi connectivity index (χ0n) is 27.1. The Hall–Kier alpha value is -2.68. The van der Waals surface area contributed by atoms with E-state index in [4.69, 9.17) is 0 Å². The molecule has 8 nitrogen and oxygen atoms in total. The molecule has 1 aromatic rings. The van der Waals surface area contributed by atoms with Crippen molar-refractivity contribution in [3.8, 4) is 0 Å². The summed E-state index contributed by atoms with van der Waals surface area (Å²) in [5.74, 6) is 1.02. The van der Waals surface area contributed by atoms with Crippen molar-refractivity contribution in [2.75, 3.05) is 44.6 Å². The van der Waals surface area contributed by atoms with Gasteiger partial charge in [0.25, 0.3) is 0 Å². The molecule has 9 heteroatoms. The highest BCUT2D eigenvalue weighted by atomic mass is 19.1. The van der Waals surface area contributed by atoms with Gasteiger partial charge in [0.15, 0.2) is 0 Å². The van der Waals surface area contributed by atoms with E-state index in [2.05, 4.69) is 29.4 Å². The lowest BCUT2D eigenvalue weighted by Gasteiger charge is -2.65. The first-order valence-corrected chi connectivity index (χ1v) is 17.1. The Morgan fingerprint density at radius 2 is 1.59 bits per heavy atom. The lowest BCUT2D eigenvalue weighted by atomic mass is 9.43. The summed E-state index contributed by atoms with van der Waals surface area (Å²) in [4.78, 5) is 44.4. The van der Waals surface area contributed by atoms with Crippen LogP contribution < -0.4 is 10.6 Å². The molecule has 2 unspecified atom stereocenters. The van der Waals surface area contributed by atoms with Gasteiger partial charge >= 0.3 is 6.03 Å². The average molecular weight is 610 g/mol. The van der Waals surface area contributed by atoms with Gasteiger partial charge in [0.2, 0.25) is 11.8 Å². The maximum Gasteiger partial charge on any atom is 0.319 e. The molecule has 0 aromatic heterocycles. The van der Waals surface area contributed by atoms with Crippen molar-refractivity contribution < 1.29 is 18.8 Å². The molecule has 6 aliphatic rings. The summed E-state index contributed by atoms with van der Waals surface area (Å²) in [7, 11) is 0. The lowest BCUT2D eigenvalue weighted by Crippen LogP contribution is -2.65. The molecule has 44 heavy (non-hydrogen) atoms. The first-order chi connectivity index (χ1) is 20.9. The third-order valence-corrected chi connectivity index (χ3v) is 11.4. The largest absolute Gasteiger partial charge is 0.343 e. The van der Waals surface area contributed by atoms with Gasteiger partial charge in [-0.05, 0) is 98.1 Å². The Balaban J connectivity index is 0.970. The van der Waals surface area contributed by atoms with Crippen LogP contribution in [0.5, 0.6) is 0 Å². The number of anilines is 1. The maximum absolute atomic E-state index is 15.2. The third-order valence-electron chi connectivity index (χ3n) is 11.4. The van der Waals surface area contributed by atoms with E-state index in [9.17, 15) is 14.4 Å². The molecule has 2 heterocycles. The summed E-state index contributed by atoms with van der Waals surface area (Å²) in [6.45, 7) is 11.8. The van der Waals surface area contributed by atoms with Crippen LogP contribution in [-0.2, 0) is 16.1 Å². The second-order valence-corrected chi connectivity index (χ2v) is 15.7. The first kappa shape index (κ1) is 31.3. The molecule has 6 fully saturated rings. The van der Waals surface area contributed by atoms with Crippen molar-refractivity contribution in [2.45, 2.75) is 103 Å². The van der Waals surface area contributed by atoms with Crippen LogP contribution in [-0.4, -0.2) is 77.4 Å². The number of rotatable bonds is 7. The van der Waals surface area contributed by atoms with E-state index in [1.54, 1.807) is 6.07 Å². The lowest BCUT2D eigenvalue weighted by molar-refractivity contribution is -0.134. The van der Waals surface area contributed by atoms with Gasteiger partial charge in [0.1, 0.15) is 5.82 Å². The van der Waals surface area contributed by atoms with E-state index in [0.717, 1.165) is 76.8 Å². The van der Waals surface area contributed by atoms with Crippen molar-refractivity contribution >= 4 is 23.5 Å². The summed E-state index contributed by atoms with van der Waals surface area (Å²) < 4.78 is 15.2. The van der Waals surface area contributed by atoms with Gasteiger partial charge in [0.05, 0.1) is 5.69 Å². The Kier molecular flexibility index (Phi) is 8.72. The van der Waals surface area contributed by atoms with Crippen LogP contribution in [0.25, 0.3) is 0 Å². The summed E-state index contributed by atoms with van der Waals surface area (Å²) >= 11 is 0. The van der Waals surface area contributed by atoms with Crippen LogP contribution in [0.4, 0.5) is 14.9 Å². The van der Waals surface area contributed by atoms with Crippen LogP contribution in [0, 0.1) is 28.5 Å². The maximum atomic E-state index is 15.2. The molecule has 4 aliphatic carbocycles. The fourth-order valence-corrected chi connectivity index (χ4v) is 10.4. The highest BCUT2D eigenvalue weighted by molar-refractivity contribution is 5.90. The minimum absolute atomic E-state index is 0.182. The molecule has 2 N–H and O–H groups in total. The number of piperidine rings is 1. The molecule has 4 amide bonds. The van der Waals surface area contributed by atoms with E-state index in [1.807, 2.05) is 22.8 Å². The molecule has 4 saturated carbocycles. The van der Waals surface area contributed by atoms with E-state index < -0.39 is 5.82 Å². The highest BCUT2D eigenvalue weighted by Crippen LogP contribution is 2.66. The molecule has 0 spiro atoms. The molecular weight excluding hydrogens is 557 g/mol. The normalized spacial score (nSPS) is 32.4. The van der Waals surface area contributed by atoms with Crippen LogP contribution in [0.2, 0.25) is 0 Å². The molecule has 2 saturated heterocycles. The average Bonchev–Trinajstić information content (AvgIpc) is 3.18. The number of urea groups is 1. The number of hydrogen-bond donors (Lipinski definition) is 2. The van der Waals surface area contributed by atoms with Crippen molar-refractivity contribution in [3.63, 3.8) is 0 Å². The number of hydrogen-bond acceptors (Lipinski definition) is 4. The smallest absolute Gasteiger partial charge is 0.319 e. The number of carbonyl (C=O) groups excluding carboxylic acids is 3. The zero-order chi connectivity index (χ0) is 31.1. The number of carbonyl (C=O) groups is 3. The number of benzene rings is 1. The summed E-state index contributed by atoms with van der Waals surface area (Å²) in [6.07, 6.45) is 10.6. The topological polar surface area (TPSA) is 85.0 Å². The third kappa shape index (κ3) is 6.92. The van der Waals surface area contributed by atoms with Crippen LogP contribution in [0.3, 0.4) is 0 Å². The zero-order valence-corrected chi connectivity index (χ0v) is 27.1. The molecule has 7 rings (SSSR count). The highest BCUT2D eigenvalue weighted by Gasteiger charge is 2.60. The quantitative estimate of drug-likeness (QED) is 0.411. The summed E-state index contributed by atoms with van der Waals surface area (Å²) in [5, 5.41) is 6.12. The second-order valence-electron chi connectivity index (χ2n) is 15.7. The molecule has 1 aromatic carbocycles. The summed E-state index contributed by atoms with van der Waals surface area (Å²) in [5.41, 5.74) is 1.48. The van der Waals surface area contributed by atoms with E-state index >= 15 is 4.39 Å². The Morgan fingerprint density at radius 3 is 2.25 bits per heavy atom. The van der Waals surface area contributed by atoms with Gasteiger partial charge in [-0.15, -0.1) is 0 Å². The molecule has 4 bridgehead atoms. The minimum Gasteiger partial charge on any atom is -0.343 e. The van der Waals surface area contributed by atoms with E-state index in [1.165, 1.54) is 25.3 Å². The monoisotopic (exact) mass is 609 g/mol. The van der Waals surface area contributed by atoms with E-state index in [0.29, 0.717) is 48.6 Å². The fraction of sp³-hybridized carbons (Fsp3) is 0.743. The van der Waals surface area contributed by atoms with Gasteiger partial charge in [-0.1, -0.05) is 26.8 Å². The summed E-state index contributed by atoms with van der Waals surface area (Å²) in [6, 6.07) is 4.81. The van der Waals surface area contributed by atoms with Crippen molar-refractivity contribution in [2.24, 2.45) is 22.7 Å². The van der Waals surface area contributed by atoms with Gasteiger partial charge < -0.3 is 20.4 Å². The molecule has 0 radical (unpaired) electrons. The predicted octanol–water partition coefficient (Wildman–Crippen LogP) is 5.77. The Morgan fingerprint density at radius 1 is 0.886 bits per heavy atom. The second kappa shape index (κ2) is 12.3. The van der Waals surface area contributed by atoms with Crippen LogP contribution in [0.15, 0.2) is 18.2 Å². The molecule has 2 aliphatic heterocycles. The fourth-order valence-electron chi connectivity index (χ4n) is 10.4. The standard InChI is InChI=1S/C35H52FN5O3/c1-4-30(42)41-12-8-25(9-13-41)17-31(43)40-11-5-10-39(14-15-40)21-26-6-7-29(28(36)16-26)37-32(44)38-35-20-27-18-33(2,23-35)22-34(3,19-27)24-35/h6-7,16,25,27H,4-5,8-15,17-24H2,1-3H3,(H2,37,38,44). The number of nitrogens with zero attached hydrogens (tertiary/aromatic N) is 3. The van der Waals surface area contributed by atoms with Gasteiger partial charge in [-0.2, -0.15) is 0 Å². The molecule has 2 atom stereocenters. The van der Waals surface area contributed by atoms with Crippen molar-refractivity contribution in [3.05, 3.63) is 29.6 Å². The van der Waals surface area contributed by atoms with Gasteiger partial charge in [-0.25, -0.2) is 9.18 Å². The van der Waals surface area contributed by atoms with E-state index in [-0.39, 0.29) is 29.1 Å². The molecule has 242 valence electrons. The SMILES string of the molecule is CCC(=O)N1CCC(CC(=O)N2CCCN(Cc3ccc(NC(=O)NC45CC6CC(C)(CC(C)(C6)C4)C5)c(F)c3)CC2)CC1. The van der Waals surface area contributed by atoms with Gasteiger partial charge in [-0.3, -0.25) is 14.5 Å². The number of amides is 4. The Labute approximate surface area is 262 Å². The number of halogens is 1. The number of likely N-dealkylation sites (tertiary alicyclic amines) is 1.